The van der Waals surface area contributed by atoms with E-state index in [1.54, 1.807) is 24.3 Å². The molecule has 0 atom stereocenters. The number of nitrogens with zero attached hydrogens (tertiary/aromatic N) is 1. The van der Waals surface area contributed by atoms with Gasteiger partial charge in [0.05, 0.1) is 20.8 Å². The Morgan fingerprint density at radius 3 is 1.70 bits per heavy atom. The molecule has 9 aromatic carbocycles. The van der Waals surface area contributed by atoms with Gasteiger partial charge in [0.1, 0.15) is 11.2 Å². The van der Waals surface area contributed by atoms with E-state index in [1.807, 2.05) is 91.0 Å². The summed E-state index contributed by atoms with van der Waals surface area (Å²) in [6.45, 7) is 0. The molecule has 54 heavy (non-hydrogen) atoms. The highest BCUT2D eigenvalue weighted by Gasteiger charge is 2.18. The maximum Gasteiger partial charge on any atom is 0.136 e. The van der Waals surface area contributed by atoms with Crippen LogP contribution in [0.15, 0.2) is 216 Å². The van der Waals surface area contributed by atoms with Crippen molar-refractivity contribution in [3.8, 4) is 44.5 Å². The van der Waals surface area contributed by atoms with E-state index in [1.165, 1.54) is 6.07 Å². The molecule has 0 amide bonds. The first-order valence-corrected chi connectivity index (χ1v) is 17.5. The molecule has 0 bridgehead atoms. The Balaban J connectivity index is 1.07. The third-order valence-electron chi connectivity index (χ3n) is 9.70. The van der Waals surface area contributed by atoms with E-state index in [2.05, 4.69) is 29.2 Å². The first kappa shape index (κ1) is 22.0. The summed E-state index contributed by atoms with van der Waals surface area (Å²) in [5.41, 5.74) is 8.63. The second-order valence-corrected chi connectivity index (χ2v) is 12.9. The normalized spacial score (nSPS) is 14.2. The van der Waals surface area contributed by atoms with E-state index in [0.717, 1.165) is 44.9 Å². The molecule has 1 heterocycles. The Morgan fingerprint density at radius 2 is 0.981 bits per heavy atom. The smallest absolute Gasteiger partial charge is 0.136 e. The molecule has 254 valence electrons. The fourth-order valence-electron chi connectivity index (χ4n) is 7.06. The van der Waals surface area contributed by atoms with Crippen molar-refractivity contribution in [2.24, 2.45) is 0 Å². The van der Waals surface area contributed by atoms with Crippen LogP contribution in [-0.2, 0) is 0 Å². The average molecular weight is 701 g/mol. The number of furan rings is 1. The molecule has 0 saturated carbocycles. The van der Waals surface area contributed by atoms with Crippen molar-refractivity contribution in [1.29, 1.82) is 0 Å². The maximum absolute atomic E-state index is 9.55. The topological polar surface area (TPSA) is 16.4 Å². The van der Waals surface area contributed by atoms with Crippen LogP contribution in [0.4, 0.5) is 17.1 Å². The van der Waals surface area contributed by atoms with Gasteiger partial charge in [-0.05, 0) is 98.2 Å². The van der Waals surface area contributed by atoms with Gasteiger partial charge in [0.15, 0.2) is 0 Å². The number of fused-ring (bicyclic) bond motifs is 5. The summed E-state index contributed by atoms with van der Waals surface area (Å²) in [4.78, 5) is 2.16. The molecule has 10 rings (SSSR count). The first-order valence-electron chi connectivity index (χ1n) is 23.0. The average Bonchev–Trinajstić information content (AvgIpc) is 3.71. The number of hydrogen-bond acceptors (Lipinski definition) is 2. The van der Waals surface area contributed by atoms with Gasteiger partial charge in [0.25, 0.3) is 0 Å². The van der Waals surface area contributed by atoms with Crippen molar-refractivity contribution >= 4 is 49.8 Å². The van der Waals surface area contributed by atoms with Crippen LogP contribution in [0, 0.1) is 0 Å². The Morgan fingerprint density at radius 1 is 0.389 bits per heavy atom. The SMILES string of the molecule is [2H]c1cc2oc3c([2H])c([2H])c4ccc(-c5ccc(N(c6ccc(-c7ccc(-c8c([2H])c([2H])c([2H])c([2H])c8[2H])cc7)cc6)c6ccccc6-c6ccccc6)cc5)c([2H])c4c3c2c([2H])c1[2H]. The summed E-state index contributed by atoms with van der Waals surface area (Å²) in [6, 6.07) is 43.8. The third kappa shape index (κ3) is 5.71. The minimum absolute atomic E-state index is 0.0427. The van der Waals surface area contributed by atoms with E-state index >= 15 is 0 Å². The monoisotopic (exact) mass is 700 g/mol. The Kier molecular flexibility index (Phi) is 5.48. The molecule has 0 aliphatic carbocycles. The number of anilines is 3. The lowest BCUT2D eigenvalue weighted by Crippen LogP contribution is -2.11. The highest BCUT2D eigenvalue weighted by atomic mass is 16.3. The quantitative estimate of drug-likeness (QED) is 0.165. The van der Waals surface area contributed by atoms with Crippen LogP contribution in [0.25, 0.3) is 77.2 Å². The number of rotatable bonds is 7. The van der Waals surface area contributed by atoms with Gasteiger partial charge in [0.2, 0.25) is 0 Å². The second kappa shape index (κ2) is 13.4. The molecule has 0 unspecified atom stereocenters. The highest BCUT2D eigenvalue weighted by Crippen LogP contribution is 2.42. The van der Waals surface area contributed by atoms with Crippen molar-refractivity contribution in [2.45, 2.75) is 0 Å². The van der Waals surface area contributed by atoms with Gasteiger partial charge in [-0.1, -0.05) is 164 Å². The van der Waals surface area contributed by atoms with Gasteiger partial charge in [-0.15, -0.1) is 0 Å². The molecule has 0 radical (unpaired) electrons. The van der Waals surface area contributed by atoms with Crippen LogP contribution >= 0.6 is 0 Å². The van der Waals surface area contributed by atoms with Gasteiger partial charge in [-0.3, -0.25) is 0 Å². The lowest BCUT2D eigenvalue weighted by Gasteiger charge is -2.28. The van der Waals surface area contributed by atoms with Crippen molar-refractivity contribution in [1.82, 2.24) is 0 Å². The maximum atomic E-state index is 9.55. The highest BCUT2D eigenvalue weighted by molar-refractivity contribution is 6.19. The van der Waals surface area contributed by atoms with E-state index < -0.39 is 6.04 Å². The van der Waals surface area contributed by atoms with Gasteiger partial charge >= 0.3 is 0 Å². The number of para-hydroxylation sites is 2. The lowest BCUT2D eigenvalue weighted by molar-refractivity contribution is 0.669. The summed E-state index contributed by atoms with van der Waals surface area (Å²) < 4.78 is 99.4. The zero-order valence-electron chi connectivity index (χ0n) is 39.7. The Labute approximate surface area is 330 Å². The zero-order chi connectivity index (χ0) is 45.4. The number of benzene rings is 9. The molecule has 0 fully saturated rings. The largest absolute Gasteiger partial charge is 0.456 e. The van der Waals surface area contributed by atoms with Crippen LogP contribution in [0.1, 0.15) is 15.1 Å². The molecule has 10 aromatic rings. The summed E-state index contributed by atoms with van der Waals surface area (Å²) >= 11 is 0. The standard InChI is InChI=1S/C52H35NO/c1-3-11-36(12-4-1)37-19-21-38(22-20-37)39-25-30-44(31-26-39)53(49-17-9-7-15-46(49)41-13-5-2-6-14-41)45-32-27-40(28-33-45)43-24-23-42-29-34-51-52(48(42)35-43)47-16-8-10-18-50(47)54-51/h1-35H/i1D,3D,4D,8D,10D,11D,12D,16D,29D,34D,35D. The fraction of sp³-hybridized carbons (Fsp3) is 0. The third-order valence-corrected chi connectivity index (χ3v) is 9.70. The second-order valence-electron chi connectivity index (χ2n) is 12.9. The van der Waals surface area contributed by atoms with Gasteiger partial charge in [-0.25, -0.2) is 0 Å². The van der Waals surface area contributed by atoms with E-state index in [-0.39, 0.29) is 82.5 Å². The van der Waals surface area contributed by atoms with Crippen molar-refractivity contribution in [2.75, 3.05) is 4.90 Å². The predicted octanol–water partition coefficient (Wildman–Crippen LogP) is 14.9. The molecular weight excluding hydrogens is 655 g/mol. The minimum Gasteiger partial charge on any atom is -0.456 e. The van der Waals surface area contributed by atoms with Crippen LogP contribution in [0.3, 0.4) is 0 Å². The molecule has 0 aliphatic rings. The Bertz CT molecular complexity index is 3510. The van der Waals surface area contributed by atoms with Gasteiger partial charge in [0, 0.05) is 27.7 Å². The van der Waals surface area contributed by atoms with Crippen LogP contribution in [0.5, 0.6) is 0 Å². The Hall–Kier alpha value is -7.16. The molecule has 0 spiro atoms. The van der Waals surface area contributed by atoms with E-state index in [9.17, 15) is 1.37 Å². The molecule has 0 N–H and O–H groups in total. The van der Waals surface area contributed by atoms with Crippen LogP contribution < -0.4 is 4.90 Å². The van der Waals surface area contributed by atoms with Crippen molar-refractivity contribution in [3.05, 3.63) is 212 Å². The molecule has 0 saturated heterocycles. The van der Waals surface area contributed by atoms with Crippen molar-refractivity contribution < 1.29 is 19.5 Å². The zero-order valence-corrected chi connectivity index (χ0v) is 28.7. The lowest BCUT2D eigenvalue weighted by atomic mass is 9.97. The summed E-state index contributed by atoms with van der Waals surface area (Å²) in [7, 11) is 0. The van der Waals surface area contributed by atoms with Gasteiger partial charge < -0.3 is 9.32 Å². The summed E-state index contributed by atoms with van der Waals surface area (Å²) in [6.07, 6.45) is 0. The van der Waals surface area contributed by atoms with Gasteiger partial charge in [-0.2, -0.15) is 0 Å². The minimum atomic E-state index is -0.429. The summed E-state index contributed by atoms with van der Waals surface area (Å²) in [5.74, 6) is 0. The molecule has 2 nitrogen and oxygen atoms in total. The fourth-order valence-corrected chi connectivity index (χ4v) is 7.06. The predicted molar refractivity (Wildman–Crippen MR) is 228 cm³/mol. The van der Waals surface area contributed by atoms with E-state index in [4.69, 9.17) is 18.1 Å². The summed E-state index contributed by atoms with van der Waals surface area (Å²) in [5, 5.41) is 1.25. The first-order chi connectivity index (χ1) is 31.3. The van der Waals surface area contributed by atoms with Crippen molar-refractivity contribution in [3.63, 3.8) is 0 Å². The van der Waals surface area contributed by atoms with Crippen LogP contribution in [0.2, 0.25) is 0 Å². The van der Waals surface area contributed by atoms with E-state index in [0.29, 0.717) is 27.3 Å². The molecule has 0 aliphatic heterocycles. The molecule has 2 heteroatoms. The number of hydrogen-bond donors (Lipinski definition) is 0. The molecule has 1 aromatic heterocycles. The van der Waals surface area contributed by atoms with Crippen LogP contribution in [-0.4, -0.2) is 0 Å². The molecular formula is C52H35NO.